The average molecular weight is 807 g/mol. The first kappa shape index (κ1) is 38.9. The number of nitrogens with zero attached hydrogens (tertiary/aromatic N) is 8. The predicted molar refractivity (Wildman–Crippen MR) is 195 cm³/mol. The zero-order valence-corrected chi connectivity index (χ0v) is 29.5. The fraction of sp³-hybridized carbons (Fsp3) is 0.105. The number of aromatic nitrogens is 8. The lowest BCUT2D eigenvalue weighted by Crippen LogP contribution is -2.09. The summed E-state index contributed by atoms with van der Waals surface area (Å²) in [5.41, 5.74) is -1.17. The van der Waals surface area contributed by atoms with Crippen LogP contribution in [0.4, 0.5) is 58.1 Å². The number of benzene rings is 2. The highest BCUT2D eigenvalue weighted by Gasteiger charge is 2.40. The Balaban J connectivity index is 0.000000177. The van der Waals surface area contributed by atoms with Crippen LogP contribution in [0.15, 0.2) is 122 Å². The van der Waals surface area contributed by atoms with Gasteiger partial charge in [-0.3, -0.25) is 8.80 Å². The van der Waals surface area contributed by atoms with E-state index < -0.39 is 30.4 Å². The van der Waals surface area contributed by atoms with E-state index in [1.807, 2.05) is 0 Å². The highest BCUT2D eigenvalue weighted by molar-refractivity contribution is 5.66. The Morgan fingerprint density at radius 2 is 0.983 bits per heavy atom. The Labute approximate surface area is 321 Å². The number of ether oxygens (including phenoxy) is 2. The van der Waals surface area contributed by atoms with Crippen LogP contribution in [0, 0.1) is 0 Å². The van der Waals surface area contributed by atoms with Crippen molar-refractivity contribution in [1.82, 2.24) is 38.7 Å². The first-order chi connectivity index (χ1) is 27.8. The second-order valence-electron chi connectivity index (χ2n) is 11.9. The van der Waals surface area contributed by atoms with Crippen LogP contribution in [0.2, 0.25) is 0 Å². The molecule has 20 heteroatoms. The number of methoxy groups -OCH3 is 1. The van der Waals surface area contributed by atoms with Crippen LogP contribution in [0.1, 0.15) is 11.4 Å². The molecule has 0 spiro atoms. The molecule has 0 aliphatic carbocycles. The molecule has 2 N–H and O–H groups in total. The zero-order chi connectivity index (χ0) is 41.0. The molecule has 58 heavy (non-hydrogen) atoms. The maximum atomic E-state index is 13.5. The molecule has 2 aromatic carbocycles. The number of hydrogen-bond acceptors (Lipinski definition) is 10. The summed E-state index contributed by atoms with van der Waals surface area (Å²) in [6, 6.07) is 25.0. The van der Waals surface area contributed by atoms with Crippen molar-refractivity contribution in [1.29, 1.82) is 0 Å². The van der Waals surface area contributed by atoms with Crippen LogP contribution in [0.25, 0.3) is 34.3 Å². The van der Waals surface area contributed by atoms with Gasteiger partial charge in [0, 0.05) is 36.2 Å². The first-order valence-electron chi connectivity index (χ1n) is 16.7. The molecular formula is C38H26F8N10O2. The number of pyridine rings is 2. The van der Waals surface area contributed by atoms with Crippen LogP contribution < -0.4 is 20.1 Å². The predicted octanol–water partition coefficient (Wildman–Crippen LogP) is 9.72. The molecule has 8 aromatic rings. The molecule has 6 heterocycles. The van der Waals surface area contributed by atoms with Crippen molar-refractivity contribution in [3.8, 4) is 34.5 Å². The number of rotatable bonds is 9. The molecule has 8 rings (SSSR count). The van der Waals surface area contributed by atoms with Gasteiger partial charge in [0.25, 0.3) is 0 Å². The van der Waals surface area contributed by atoms with E-state index in [-0.39, 0.29) is 45.9 Å². The third-order valence-corrected chi connectivity index (χ3v) is 8.05. The van der Waals surface area contributed by atoms with Crippen LogP contribution in [0.5, 0.6) is 11.5 Å². The molecule has 0 fully saturated rings. The van der Waals surface area contributed by atoms with E-state index >= 15 is 0 Å². The Hall–Kier alpha value is -7.38. The van der Waals surface area contributed by atoms with Crippen LogP contribution >= 0.6 is 0 Å². The molecule has 0 saturated heterocycles. The molecule has 0 aliphatic rings. The molecule has 296 valence electrons. The van der Waals surface area contributed by atoms with E-state index in [9.17, 15) is 35.1 Å². The number of hydrogen-bond donors (Lipinski definition) is 2. The van der Waals surface area contributed by atoms with Crippen molar-refractivity contribution in [2.24, 2.45) is 0 Å². The maximum absolute atomic E-state index is 13.5. The molecule has 0 unspecified atom stereocenters. The summed E-state index contributed by atoms with van der Waals surface area (Å²) < 4.78 is 118. The second-order valence-corrected chi connectivity index (χ2v) is 11.9. The maximum Gasteiger partial charge on any atom is 0.435 e. The van der Waals surface area contributed by atoms with E-state index in [1.165, 1.54) is 76.1 Å². The van der Waals surface area contributed by atoms with Crippen molar-refractivity contribution >= 4 is 34.3 Å². The van der Waals surface area contributed by atoms with Gasteiger partial charge in [-0.15, -0.1) is 0 Å². The summed E-state index contributed by atoms with van der Waals surface area (Å²) >= 11 is 0. The van der Waals surface area contributed by atoms with Crippen LogP contribution in [0.3, 0.4) is 0 Å². The molecule has 12 nitrogen and oxygen atoms in total. The fourth-order valence-electron chi connectivity index (χ4n) is 5.59. The summed E-state index contributed by atoms with van der Waals surface area (Å²) in [4.78, 5) is 23.8. The highest BCUT2D eigenvalue weighted by Crippen LogP contribution is 2.38. The number of fused-ring (bicyclic) bond motifs is 2. The van der Waals surface area contributed by atoms with E-state index in [1.54, 1.807) is 61.7 Å². The van der Waals surface area contributed by atoms with E-state index in [0.29, 0.717) is 22.9 Å². The van der Waals surface area contributed by atoms with E-state index in [2.05, 4.69) is 45.3 Å². The Bertz CT molecular complexity index is 2660. The van der Waals surface area contributed by atoms with Crippen LogP contribution in [-0.2, 0) is 12.4 Å². The Morgan fingerprint density at radius 3 is 1.38 bits per heavy atom. The molecular weight excluding hydrogens is 780 g/mol. The average Bonchev–Trinajstić information content (AvgIpc) is 3.80. The van der Waals surface area contributed by atoms with E-state index in [4.69, 9.17) is 4.74 Å². The second kappa shape index (κ2) is 16.0. The summed E-state index contributed by atoms with van der Waals surface area (Å²) in [5, 5.41) is 5.93. The van der Waals surface area contributed by atoms with Gasteiger partial charge in [-0.25, -0.2) is 29.9 Å². The van der Waals surface area contributed by atoms with Gasteiger partial charge in [-0.05, 0) is 84.9 Å². The lowest BCUT2D eigenvalue weighted by atomic mass is 10.3. The Kier molecular flexibility index (Phi) is 10.7. The van der Waals surface area contributed by atoms with Gasteiger partial charge in [0.05, 0.1) is 7.11 Å². The van der Waals surface area contributed by atoms with Crippen LogP contribution in [-0.4, -0.2) is 52.4 Å². The highest BCUT2D eigenvalue weighted by atomic mass is 19.4. The fourth-order valence-corrected chi connectivity index (χ4v) is 5.59. The van der Waals surface area contributed by atoms with E-state index in [0.717, 1.165) is 0 Å². The van der Waals surface area contributed by atoms with Gasteiger partial charge < -0.3 is 20.1 Å². The quantitative estimate of drug-likeness (QED) is 0.136. The summed E-state index contributed by atoms with van der Waals surface area (Å²) in [5.74, 6) is 0.970. The largest absolute Gasteiger partial charge is 0.497 e. The number of imidazole rings is 2. The molecule has 0 amide bonds. The molecule has 0 atom stereocenters. The van der Waals surface area contributed by atoms with Crippen molar-refractivity contribution in [3.63, 3.8) is 0 Å². The zero-order valence-electron chi connectivity index (χ0n) is 29.5. The van der Waals surface area contributed by atoms with Crippen molar-refractivity contribution in [2.45, 2.75) is 19.0 Å². The lowest BCUT2D eigenvalue weighted by Gasteiger charge is -2.10. The molecule has 6 aromatic heterocycles. The molecule has 0 saturated carbocycles. The van der Waals surface area contributed by atoms with Crippen molar-refractivity contribution in [2.75, 3.05) is 17.7 Å². The number of nitrogens with one attached hydrogen (secondary N) is 2. The lowest BCUT2D eigenvalue weighted by molar-refractivity contribution is -0.141. The third-order valence-electron chi connectivity index (χ3n) is 8.05. The van der Waals surface area contributed by atoms with Gasteiger partial charge >= 0.3 is 19.0 Å². The minimum atomic E-state index is -4.70. The summed E-state index contributed by atoms with van der Waals surface area (Å²) in [7, 11) is 1.56. The number of alkyl halides is 8. The number of halogens is 8. The molecule has 0 radical (unpaired) electrons. The van der Waals surface area contributed by atoms with Gasteiger partial charge in [0.15, 0.2) is 23.0 Å². The topological polar surface area (TPSA) is 129 Å². The first-order valence-corrected chi connectivity index (χ1v) is 16.7. The standard InChI is InChI=1S/C19H12F5N5O.C19H14F3N5O/c20-18(21)30-12-6-4-11(5-7-12)26-13-8-9-25-17(27-13)15-16(19(22,23)24)28-14-3-1-2-10-29(14)15;1-28-13-7-5-12(6-8-13)24-14-9-10-23-18(25-14)16-17(19(20,21)22)26-15-4-2-3-11-27(15)16/h1-10,18H,(H,25,26,27);2-11H,1H3,(H,23,24,25). The minimum Gasteiger partial charge on any atom is -0.497 e. The molecule has 0 aliphatic heterocycles. The van der Waals surface area contributed by atoms with Crippen molar-refractivity contribution < 1.29 is 44.6 Å². The molecule has 0 bridgehead atoms. The number of anilines is 4. The van der Waals surface area contributed by atoms with Gasteiger partial charge in [0.1, 0.15) is 45.8 Å². The van der Waals surface area contributed by atoms with Gasteiger partial charge in [-0.2, -0.15) is 35.1 Å². The van der Waals surface area contributed by atoms with Crippen molar-refractivity contribution in [3.05, 3.63) is 133 Å². The van der Waals surface area contributed by atoms with Gasteiger partial charge in [-0.1, -0.05) is 12.1 Å². The third kappa shape index (κ3) is 8.69. The summed E-state index contributed by atoms with van der Waals surface area (Å²) in [6.07, 6.45) is -3.69. The summed E-state index contributed by atoms with van der Waals surface area (Å²) in [6.45, 7) is -2.94. The SMILES string of the molecule is COc1ccc(Nc2ccnc(-c3c(C(F)(F)F)nc4ccccn34)n2)cc1.FC(F)Oc1ccc(Nc2ccnc(-c3c(C(F)(F)F)nc4ccccn34)n2)cc1. The minimum absolute atomic E-state index is 0.0283. The smallest absolute Gasteiger partial charge is 0.435 e. The Morgan fingerprint density at radius 1 is 0.552 bits per heavy atom. The van der Waals surface area contributed by atoms with Gasteiger partial charge in [0.2, 0.25) is 0 Å². The normalized spacial score (nSPS) is 11.7. The monoisotopic (exact) mass is 806 g/mol.